The summed E-state index contributed by atoms with van der Waals surface area (Å²) in [5, 5.41) is 9.34. The zero-order valence-corrected chi connectivity index (χ0v) is 21.8. The van der Waals surface area contributed by atoms with E-state index in [-0.39, 0.29) is 24.5 Å². The normalized spacial score (nSPS) is 19.8. The van der Waals surface area contributed by atoms with E-state index in [2.05, 4.69) is 9.97 Å². The summed E-state index contributed by atoms with van der Waals surface area (Å²) < 4.78 is 23.4. The number of aliphatic carboxylic acids is 1. The van der Waals surface area contributed by atoms with E-state index < -0.39 is 5.97 Å². The molecule has 0 spiro atoms. The molecule has 0 radical (unpaired) electrons. The first kappa shape index (κ1) is 25.8. The smallest absolute Gasteiger partial charge is 0.303 e. The molecular weight excluding hydrogens is 484 g/mol. The molecular formula is C30H34N2O6. The highest BCUT2D eigenvalue weighted by atomic mass is 16.5. The van der Waals surface area contributed by atoms with Gasteiger partial charge < -0.3 is 24.1 Å². The van der Waals surface area contributed by atoms with Gasteiger partial charge in [-0.15, -0.1) is 0 Å². The maximum atomic E-state index is 11.4. The maximum absolute atomic E-state index is 11.4. The molecule has 2 saturated carbocycles. The largest absolute Gasteiger partial charge is 0.497 e. The number of pyridine rings is 2. The van der Waals surface area contributed by atoms with Crippen LogP contribution in [-0.2, 0) is 4.79 Å². The third kappa shape index (κ3) is 6.36. The number of benzene rings is 1. The van der Waals surface area contributed by atoms with Crippen molar-refractivity contribution in [2.24, 2.45) is 5.92 Å². The van der Waals surface area contributed by atoms with Crippen molar-refractivity contribution >= 4 is 5.97 Å². The molecule has 38 heavy (non-hydrogen) atoms. The lowest BCUT2D eigenvalue weighted by Gasteiger charge is -2.30. The Labute approximate surface area is 222 Å². The van der Waals surface area contributed by atoms with E-state index in [0.717, 1.165) is 66.7 Å². The third-order valence-corrected chi connectivity index (χ3v) is 7.42. The van der Waals surface area contributed by atoms with Crippen molar-refractivity contribution in [3.63, 3.8) is 0 Å². The summed E-state index contributed by atoms with van der Waals surface area (Å²) in [7, 11) is 3.24. The molecule has 0 saturated heterocycles. The molecule has 0 bridgehead atoms. The number of aromatic nitrogens is 2. The standard InChI is InChI=1S/C30H34N2O6/c1-35-24-10-11-25(21-5-12-28(36-2)32-18-21)27(16-24)37-22-6-8-23(9-7-22)38-29-15-20(13-14-31-29)26(17-30(33)34)19-3-4-19/h5,10-16,18-19,22-23,26H,3-4,6-9,17H2,1-2H3,(H,33,34)/t22-,23-,26?. The number of nitrogens with zero attached hydrogens (tertiary/aromatic N) is 2. The van der Waals surface area contributed by atoms with Gasteiger partial charge in [0.15, 0.2) is 0 Å². The Balaban J connectivity index is 1.22. The minimum Gasteiger partial charge on any atom is -0.497 e. The second-order valence-electron chi connectivity index (χ2n) is 10.1. The molecule has 5 rings (SSSR count). The fourth-order valence-electron chi connectivity index (χ4n) is 5.21. The fraction of sp³-hybridized carbons (Fsp3) is 0.433. The second kappa shape index (κ2) is 11.7. The number of ether oxygens (including phenoxy) is 4. The Hall–Kier alpha value is -3.81. The summed E-state index contributed by atoms with van der Waals surface area (Å²) >= 11 is 0. The van der Waals surface area contributed by atoms with Crippen LogP contribution in [-0.4, -0.2) is 47.5 Å². The first-order valence-electron chi connectivity index (χ1n) is 13.2. The van der Waals surface area contributed by atoms with E-state index in [1.165, 1.54) is 0 Å². The molecule has 8 nitrogen and oxygen atoms in total. The van der Waals surface area contributed by atoms with Gasteiger partial charge in [-0.05, 0) is 80.2 Å². The van der Waals surface area contributed by atoms with Gasteiger partial charge in [0, 0.05) is 41.7 Å². The van der Waals surface area contributed by atoms with Gasteiger partial charge in [-0.2, -0.15) is 0 Å². The minimum atomic E-state index is -0.762. The summed E-state index contributed by atoms with van der Waals surface area (Å²) in [4.78, 5) is 20.1. The van der Waals surface area contributed by atoms with Crippen LogP contribution in [0.3, 0.4) is 0 Å². The monoisotopic (exact) mass is 518 g/mol. The Bertz CT molecular complexity index is 1240. The Morgan fingerprint density at radius 2 is 1.66 bits per heavy atom. The molecule has 2 heterocycles. The van der Waals surface area contributed by atoms with Crippen LogP contribution in [0.25, 0.3) is 11.1 Å². The second-order valence-corrected chi connectivity index (χ2v) is 10.1. The SMILES string of the molecule is COc1ccc(-c2ccc(OC)nc2)c(O[C@H]2CC[C@H](Oc3cc(C(CC(=O)O)C4CC4)ccn3)CC2)c1. The number of hydrogen-bond acceptors (Lipinski definition) is 7. The molecule has 200 valence electrons. The molecule has 1 unspecified atom stereocenters. The van der Waals surface area contributed by atoms with Crippen LogP contribution >= 0.6 is 0 Å². The van der Waals surface area contributed by atoms with E-state index in [9.17, 15) is 9.90 Å². The van der Waals surface area contributed by atoms with Crippen LogP contribution < -0.4 is 18.9 Å². The van der Waals surface area contributed by atoms with Gasteiger partial charge in [0.2, 0.25) is 11.8 Å². The number of rotatable bonds is 11. The zero-order chi connectivity index (χ0) is 26.5. The highest BCUT2D eigenvalue weighted by Gasteiger charge is 2.34. The zero-order valence-electron chi connectivity index (χ0n) is 21.8. The molecule has 2 fully saturated rings. The molecule has 1 aromatic carbocycles. The van der Waals surface area contributed by atoms with Crippen LogP contribution in [0.1, 0.15) is 56.4 Å². The van der Waals surface area contributed by atoms with Crippen LogP contribution in [0.2, 0.25) is 0 Å². The van der Waals surface area contributed by atoms with Crippen LogP contribution in [0, 0.1) is 5.92 Å². The average molecular weight is 519 g/mol. The summed E-state index contributed by atoms with van der Waals surface area (Å²) in [5.74, 6) is 2.35. The Kier molecular flexibility index (Phi) is 7.96. The van der Waals surface area contributed by atoms with Gasteiger partial charge in [0.25, 0.3) is 0 Å². The molecule has 8 heteroatoms. The fourth-order valence-corrected chi connectivity index (χ4v) is 5.21. The van der Waals surface area contributed by atoms with Crippen LogP contribution in [0.5, 0.6) is 23.3 Å². The first-order chi connectivity index (χ1) is 18.5. The van der Waals surface area contributed by atoms with Crippen molar-refractivity contribution in [2.75, 3.05) is 14.2 Å². The number of hydrogen-bond donors (Lipinski definition) is 1. The Morgan fingerprint density at radius 3 is 2.29 bits per heavy atom. The lowest BCUT2D eigenvalue weighted by atomic mass is 9.91. The highest BCUT2D eigenvalue weighted by Crippen LogP contribution is 2.45. The van der Waals surface area contributed by atoms with Gasteiger partial charge in [0.1, 0.15) is 17.6 Å². The highest BCUT2D eigenvalue weighted by molar-refractivity contribution is 5.71. The van der Waals surface area contributed by atoms with Crippen LogP contribution in [0.15, 0.2) is 54.9 Å². The first-order valence-corrected chi connectivity index (χ1v) is 13.2. The van der Waals surface area contributed by atoms with Crippen molar-refractivity contribution < 1.29 is 28.8 Å². The molecule has 2 aromatic heterocycles. The molecule has 3 aromatic rings. The lowest BCUT2D eigenvalue weighted by Crippen LogP contribution is -2.30. The van der Waals surface area contributed by atoms with E-state index in [0.29, 0.717) is 17.7 Å². The topological polar surface area (TPSA) is 100 Å². The quantitative estimate of drug-likeness (QED) is 0.335. The summed E-state index contributed by atoms with van der Waals surface area (Å²) in [6.45, 7) is 0. The molecule has 0 aliphatic heterocycles. The van der Waals surface area contributed by atoms with Crippen molar-refractivity contribution in [3.8, 4) is 34.4 Å². The number of methoxy groups -OCH3 is 2. The summed E-state index contributed by atoms with van der Waals surface area (Å²) in [6, 6.07) is 13.5. The van der Waals surface area contributed by atoms with Crippen molar-refractivity contribution in [3.05, 3.63) is 60.4 Å². The minimum absolute atomic E-state index is 0.0277. The van der Waals surface area contributed by atoms with E-state index in [4.69, 9.17) is 18.9 Å². The molecule has 1 atom stereocenters. The van der Waals surface area contributed by atoms with Crippen molar-refractivity contribution in [1.29, 1.82) is 0 Å². The predicted octanol–water partition coefficient (Wildman–Crippen LogP) is 5.90. The molecule has 2 aliphatic carbocycles. The lowest BCUT2D eigenvalue weighted by molar-refractivity contribution is -0.137. The van der Waals surface area contributed by atoms with Crippen LogP contribution in [0.4, 0.5) is 0 Å². The van der Waals surface area contributed by atoms with Gasteiger partial charge in [0.05, 0.1) is 26.7 Å². The molecule has 0 amide bonds. The predicted molar refractivity (Wildman–Crippen MR) is 142 cm³/mol. The van der Waals surface area contributed by atoms with Crippen molar-refractivity contribution in [2.45, 2.75) is 63.1 Å². The van der Waals surface area contributed by atoms with E-state index >= 15 is 0 Å². The van der Waals surface area contributed by atoms with Gasteiger partial charge in [-0.1, -0.05) is 0 Å². The van der Waals surface area contributed by atoms with E-state index in [1.807, 2.05) is 42.5 Å². The third-order valence-electron chi connectivity index (χ3n) is 7.42. The van der Waals surface area contributed by atoms with Gasteiger partial charge in [-0.3, -0.25) is 4.79 Å². The number of carboxylic acid groups (broad SMARTS) is 1. The molecule has 1 N–H and O–H groups in total. The van der Waals surface area contributed by atoms with Gasteiger partial charge in [-0.25, -0.2) is 9.97 Å². The Morgan fingerprint density at radius 1 is 0.895 bits per heavy atom. The average Bonchev–Trinajstić information content (AvgIpc) is 3.78. The summed E-state index contributed by atoms with van der Waals surface area (Å²) in [5.41, 5.74) is 2.90. The summed E-state index contributed by atoms with van der Waals surface area (Å²) in [6.07, 6.45) is 9.34. The number of carbonyl (C=O) groups is 1. The maximum Gasteiger partial charge on any atom is 0.303 e. The number of carboxylic acids is 1. The van der Waals surface area contributed by atoms with E-state index in [1.54, 1.807) is 26.6 Å². The van der Waals surface area contributed by atoms with Crippen molar-refractivity contribution in [1.82, 2.24) is 9.97 Å². The molecule has 2 aliphatic rings. The van der Waals surface area contributed by atoms with Gasteiger partial charge >= 0.3 is 5.97 Å².